The minimum atomic E-state index is 0.643. The van der Waals surface area contributed by atoms with E-state index in [1.807, 2.05) is 60.7 Å². The Kier molecular flexibility index (Phi) is 6.63. The molecule has 1 heterocycles. The lowest BCUT2D eigenvalue weighted by Crippen LogP contribution is -2.33. The Morgan fingerprint density at radius 1 is 0.963 bits per heavy atom. The normalized spacial score (nSPS) is 10.3. The highest BCUT2D eigenvalue weighted by atomic mass is 35.5. The number of halogens is 1. The minimum Gasteiger partial charge on any atom is -0.497 e. The van der Waals surface area contributed by atoms with Gasteiger partial charge >= 0.3 is 0 Å². The van der Waals surface area contributed by atoms with Gasteiger partial charge in [0.1, 0.15) is 5.75 Å². The molecule has 0 aliphatic rings. The summed E-state index contributed by atoms with van der Waals surface area (Å²) in [6.45, 7) is 1.35. The third kappa shape index (κ3) is 5.67. The molecule has 0 aliphatic heterocycles. The molecule has 0 saturated heterocycles. The van der Waals surface area contributed by atoms with Crippen molar-refractivity contribution in [3.05, 3.63) is 89.2 Å². The molecule has 4 nitrogen and oxygen atoms in total. The molecule has 0 atom stereocenters. The molecule has 0 aliphatic carbocycles. The van der Waals surface area contributed by atoms with E-state index in [0.717, 1.165) is 22.6 Å². The predicted molar refractivity (Wildman–Crippen MR) is 114 cm³/mol. The average molecular weight is 398 g/mol. The number of rotatable bonds is 6. The number of benzene rings is 2. The van der Waals surface area contributed by atoms with Crippen molar-refractivity contribution >= 4 is 34.6 Å². The maximum absolute atomic E-state index is 5.96. The lowest BCUT2D eigenvalue weighted by Gasteiger charge is -2.26. The first-order chi connectivity index (χ1) is 13.1. The van der Waals surface area contributed by atoms with E-state index in [-0.39, 0.29) is 0 Å². The maximum atomic E-state index is 5.96. The van der Waals surface area contributed by atoms with Crippen molar-refractivity contribution in [2.24, 2.45) is 0 Å². The smallest absolute Gasteiger partial charge is 0.174 e. The van der Waals surface area contributed by atoms with Gasteiger partial charge in [0.25, 0.3) is 0 Å². The van der Waals surface area contributed by atoms with Gasteiger partial charge in [-0.3, -0.25) is 4.98 Å². The van der Waals surface area contributed by atoms with Gasteiger partial charge in [-0.15, -0.1) is 0 Å². The molecular formula is C21H20ClN3OS. The first-order valence-electron chi connectivity index (χ1n) is 8.47. The molecule has 0 saturated carbocycles. The fourth-order valence-electron chi connectivity index (χ4n) is 2.60. The summed E-state index contributed by atoms with van der Waals surface area (Å²) in [6.07, 6.45) is 3.58. The van der Waals surface area contributed by atoms with Crippen LogP contribution in [0.4, 0.5) is 5.69 Å². The zero-order valence-corrected chi connectivity index (χ0v) is 16.5. The Morgan fingerprint density at radius 3 is 2.15 bits per heavy atom. The van der Waals surface area contributed by atoms with Crippen molar-refractivity contribution in [2.75, 3.05) is 12.4 Å². The van der Waals surface area contributed by atoms with Gasteiger partial charge in [-0.25, -0.2) is 0 Å². The number of nitrogens with one attached hydrogen (secondary N) is 1. The molecule has 0 bridgehead atoms. The predicted octanol–water partition coefficient (Wildman–Crippen LogP) is 5.14. The van der Waals surface area contributed by atoms with Crippen LogP contribution < -0.4 is 10.1 Å². The largest absolute Gasteiger partial charge is 0.497 e. The first kappa shape index (κ1) is 19.1. The highest BCUT2D eigenvalue weighted by Crippen LogP contribution is 2.18. The van der Waals surface area contributed by atoms with Crippen molar-refractivity contribution in [1.29, 1.82) is 0 Å². The topological polar surface area (TPSA) is 37.4 Å². The van der Waals surface area contributed by atoms with E-state index in [1.54, 1.807) is 19.5 Å². The van der Waals surface area contributed by atoms with Crippen LogP contribution in [0.1, 0.15) is 11.1 Å². The van der Waals surface area contributed by atoms with Gasteiger partial charge in [0.05, 0.1) is 7.11 Å². The fraction of sp³-hybridized carbons (Fsp3) is 0.143. The number of hydrogen-bond acceptors (Lipinski definition) is 3. The van der Waals surface area contributed by atoms with Crippen LogP contribution in [0.25, 0.3) is 0 Å². The van der Waals surface area contributed by atoms with E-state index in [0.29, 0.717) is 23.2 Å². The molecule has 27 heavy (non-hydrogen) atoms. The second-order valence-corrected chi connectivity index (χ2v) is 6.82. The summed E-state index contributed by atoms with van der Waals surface area (Å²) in [6, 6.07) is 19.5. The number of anilines is 1. The van der Waals surface area contributed by atoms with Gasteiger partial charge in [0.2, 0.25) is 0 Å². The molecular weight excluding hydrogens is 378 g/mol. The molecule has 3 rings (SSSR count). The van der Waals surface area contributed by atoms with Crippen LogP contribution in [-0.2, 0) is 13.1 Å². The van der Waals surface area contributed by atoms with Crippen molar-refractivity contribution in [1.82, 2.24) is 9.88 Å². The Balaban J connectivity index is 1.77. The SMILES string of the molecule is COc1ccc(CN(Cc2ccncc2)C(=S)Nc2ccc(Cl)cc2)cc1. The summed E-state index contributed by atoms with van der Waals surface area (Å²) in [7, 11) is 1.66. The lowest BCUT2D eigenvalue weighted by molar-refractivity contribution is 0.407. The maximum Gasteiger partial charge on any atom is 0.174 e. The van der Waals surface area contributed by atoms with E-state index in [2.05, 4.69) is 15.2 Å². The van der Waals surface area contributed by atoms with E-state index >= 15 is 0 Å². The van der Waals surface area contributed by atoms with Gasteiger partial charge in [-0.1, -0.05) is 23.7 Å². The molecule has 0 amide bonds. The Morgan fingerprint density at radius 2 is 1.56 bits per heavy atom. The number of pyridine rings is 1. The summed E-state index contributed by atoms with van der Waals surface area (Å²) < 4.78 is 5.24. The van der Waals surface area contributed by atoms with Crippen molar-refractivity contribution in [3.63, 3.8) is 0 Å². The van der Waals surface area contributed by atoms with Gasteiger partial charge in [0.15, 0.2) is 5.11 Å². The Hall–Kier alpha value is -2.63. The van der Waals surface area contributed by atoms with E-state index in [1.165, 1.54) is 0 Å². The third-order valence-electron chi connectivity index (χ3n) is 4.04. The number of methoxy groups -OCH3 is 1. The van der Waals surface area contributed by atoms with Crippen LogP contribution >= 0.6 is 23.8 Å². The highest BCUT2D eigenvalue weighted by molar-refractivity contribution is 7.80. The van der Waals surface area contributed by atoms with Crippen molar-refractivity contribution in [2.45, 2.75) is 13.1 Å². The molecule has 138 valence electrons. The molecule has 2 aromatic carbocycles. The standard InChI is InChI=1S/C21H20ClN3OS/c1-26-20-8-2-16(3-9-20)14-25(15-17-10-12-23-13-11-17)21(27)24-19-6-4-18(22)5-7-19/h2-13H,14-15H2,1H3,(H,24,27). The molecule has 1 aromatic heterocycles. The number of thiocarbonyl (C=S) groups is 1. The molecule has 0 fully saturated rings. The highest BCUT2D eigenvalue weighted by Gasteiger charge is 2.12. The Labute approximate surface area is 169 Å². The van der Waals surface area contributed by atoms with E-state index in [4.69, 9.17) is 28.6 Å². The summed E-state index contributed by atoms with van der Waals surface area (Å²) in [5, 5.41) is 4.63. The van der Waals surface area contributed by atoms with Crippen molar-refractivity contribution in [3.8, 4) is 5.75 Å². The molecule has 0 spiro atoms. The Bertz CT molecular complexity index is 870. The molecule has 1 N–H and O–H groups in total. The van der Waals surface area contributed by atoms with Crippen molar-refractivity contribution < 1.29 is 4.74 Å². The second-order valence-electron chi connectivity index (χ2n) is 6.00. The zero-order valence-electron chi connectivity index (χ0n) is 14.9. The van der Waals surface area contributed by atoms with Gasteiger partial charge < -0.3 is 15.0 Å². The fourth-order valence-corrected chi connectivity index (χ4v) is 2.97. The number of ether oxygens (including phenoxy) is 1. The van der Waals surface area contributed by atoms with E-state index in [9.17, 15) is 0 Å². The quantitative estimate of drug-likeness (QED) is 0.582. The van der Waals surface area contributed by atoms with E-state index < -0.39 is 0 Å². The first-order valence-corrected chi connectivity index (χ1v) is 9.26. The van der Waals surface area contributed by atoms with Crippen LogP contribution in [0.5, 0.6) is 5.75 Å². The zero-order chi connectivity index (χ0) is 19.1. The average Bonchev–Trinajstić information content (AvgIpc) is 2.70. The van der Waals surface area contributed by atoms with Gasteiger partial charge in [-0.2, -0.15) is 0 Å². The summed E-state index contributed by atoms with van der Waals surface area (Å²) >= 11 is 11.6. The number of aromatic nitrogens is 1. The summed E-state index contributed by atoms with van der Waals surface area (Å²) in [5.74, 6) is 0.835. The van der Waals surface area contributed by atoms with Gasteiger partial charge in [0, 0.05) is 36.2 Å². The molecule has 3 aromatic rings. The number of hydrogen-bond donors (Lipinski definition) is 1. The molecule has 0 unspecified atom stereocenters. The van der Waals surface area contributed by atoms with Crippen LogP contribution in [0.2, 0.25) is 5.02 Å². The monoisotopic (exact) mass is 397 g/mol. The second kappa shape index (κ2) is 9.35. The van der Waals surface area contributed by atoms with Crippen LogP contribution in [-0.4, -0.2) is 22.1 Å². The third-order valence-corrected chi connectivity index (χ3v) is 4.65. The van der Waals surface area contributed by atoms with Gasteiger partial charge in [-0.05, 0) is 71.9 Å². The summed E-state index contributed by atoms with van der Waals surface area (Å²) in [4.78, 5) is 6.20. The van der Waals surface area contributed by atoms with Crippen LogP contribution in [0, 0.1) is 0 Å². The summed E-state index contributed by atoms with van der Waals surface area (Å²) in [5.41, 5.74) is 3.18. The lowest BCUT2D eigenvalue weighted by atomic mass is 10.2. The minimum absolute atomic E-state index is 0.643. The molecule has 0 radical (unpaired) electrons. The number of nitrogens with zero attached hydrogens (tertiary/aromatic N) is 2. The van der Waals surface area contributed by atoms with Crippen LogP contribution in [0.3, 0.4) is 0 Å². The molecule has 6 heteroatoms. The van der Waals surface area contributed by atoms with Crippen LogP contribution in [0.15, 0.2) is 73.1 Å².